The first-order valence-electron chi connectivity index (χ1n) is 6.31. The number of esters is 1. The van der Waals surface area contributed by atoms with E-state index in [2.05, 4.69) is 10.1 Å². The molecule has 4 nitrogen and oxygen atoms in total. The number of rotatable bonds is 5. The number of halogens is 1. The number of hydrogen-bond donors (Lipinski definition) is 1. The first-order valence-corrected chi connectivity index (χ1v) is 7.12. The highest BCUT2D eigenvalue weighted by Crippen LogP contribution is 2.28. The molecule has 1 aromatic carbocycles. The lowest BCUT2D eigenvalue weighted by Gasteiger charge is -2.02. The van der Waals surface area contributed by atoms with E-state index in [1.54, 1.807) is 18.2 Å². The van der Waals surface area contributed by atoms with E-state index < -0.39 is 0 Å². The summed E-state index contributed by atoms with van der Waals surface area (Å²) in [6.07, 6.45) is 0.137. The molecule has 0 radical (unpaired) electrons. The summed E-state index contributed by atoms with van der Waals surface area (Å²) in [5.41, 5.74) is 0.856. The number of carbonyl (C=O) groups excluding carboxylic acids is 2. The Balaban J connectivity index is 1.97. The fourth-order valence-electron chi connectivity index (χ4n) is 1.70. The quantitative estimate of drug-likeness (QED) is 0.864. The van der Waals surface area contributed by atoms with Crippen LogP contribution in [0.2, 0.25) is 0 Å². The number of hydrogen-bond acceptors (Lipinski definition) is 4. The van der Waals surface area contributed by atoms with Crippen LogP contribution in [-0.2, 0) is 9.53 Å². The molecule has 1 aromatic heterocycles. The Hall–Kier alpha value is -2.21. The number of benzene rings is 1. The largest absolute Gasteiger partial charge is 0.469 e. The van der Waals surface area contributed by atoms with E-state index in [4.69, 9.17) is 0 Å². The van der Waals surface area contributed by atoms with Gasteiger partial charge >= 0.3 is 5.97 Å². The summed E-state index contributed by atoms with van der Waals surface area (Å²) < 4.78 is 17.4. The first-order chi connectivity index (χ1) is 10.1. The van der Waals surface area contributed by atoms with Gasteiger partial charge in [0, 0.05) is 11.4 Å². The third-order valence-corrected chi connectivity index (χ3v) is 3.93. The maximum absolute atomic E-state index is 12.9. The third kappa shape index (κ3) is 4.13. The van der Waals surface area contributed by atoms with Crippen molar-refractivity contribution in [2.45, 2.75) is 6.42 Å². The summed E-state index contributed by atoms with van der Waals surface area (Å²) in [4.78, 5) is 24.3. The second kappa shape index (κ2) is 6.99. The van der Waals surface area contributed by atoms with Crippen molar-refractivity contribution in [3.63, 3.8) is 0 Å². The zero-order valence-electron chi connectivity index (χ0n) is 11.4. The van der Waals surface area contributed by atoms with Crippen LogP contribution in [0.15, 0.2) is 36.4 Å². The smallest absolute Gasteiger partial charge is 0.307 e. The van der Waals surface area contributed by atoms with Crippen molar-refractivity contribution in [2.75, 3.05) is 13.7 Å². The van der Waals surface area contributed by atoms with Gasteiger partial charge in [0.2, 0.25) is 0 Å². The molecular weight excluding hydrogens is 293 g/mol. The van der Waals surface area contributed by atoms with Gasteiger partial charge in [0.1, 0.15) is 5.82 Å². The molecule has 0 bridgehead atoms. The Kier molecular flexibility index (Phi) is 5.05. The van der Waals surface area contributed by atoms with E-state index >= 15 is 0 Å². The molecule has 2 aromatic rings. The summed E-state index contributed by atoms with van der Waals surface area (Å²) in [5.74, 6) is -0.901. The Morgan fingerprint density at radius 3 is 2.57 bits per heavy atom. The van der Waals surface area contributed by atoms with Crippen LogP contribution in [-0.4, -0.2) is 25.5 Å². The lowest BCUT2D eigenvalue weighted by Crippen LogP contribution is -2.25. The minimum atomic E-state index is -0.367. The molecule has 21 heavy (non-hydrogen) atoms. The fourth-order valence-corrected chi connectivity index (χ4v) is 2.62. The Bertz CT molecular complexity index is 637. The molecule has 0 fully saturated rings. The first kappa shape index (κ1) is 15.2. The maximum Gasteiger partial charge on any atom is 0.307 e. The number of nitrogens with one attached hydrogen (secondary N) is 1. The van der Waals surface area contributed by atoms with Crippen molar-refractivity contribution in [1.82, 2.24) is 5.32 Å². The zero-order chi connectivity index (χ0) is 15.2. The van der Waals surface area contributed by atoms with E-state index in [0.717, 1.165) is 10.4 Å². The topological polar surface area (TPSA) is 55.4 Å². The standard InChI is InChI=1S/C15H14FNO3S/c1-20-14(18)8-9-17-15(19)13-7-6-12(21-13)10-2-4-11(16)5-3-10/h2-7H,8-9H2,1H3,(H,17,19). The van der Waals surface area contributed by atoms with Crippen molar-refractivity contribution in [3.05, 3.63) is 47.1 Å². The maximum atomic E-state index is 12.9. The minimum absolute atomic E-state index is 0.137. The lowest BCUT2D eigenvalue weighted by atomic mass is 10.2. The van der Waals surface area contributed by atoms with E-state index in [1.165, 1.54) is 30.6 Å². The highest BCUT2D eigenvalue weighted by atomic mass is 32.1. The number of ether oxygens (including phenoxy) is 1. The Labute approximate surface area is 125 Å². The molecule has 0 aliphatic rings. The van der Waals surface area contributed by atoms with Crippen LogP contribution < -0.4 is 5.32 Å². The molecular formula is C15H14FNO3S. The van der Waals surface area contributed by atoms with E-state index in [9.17, 15) is 14.0 Å². The van der Waals surface area contributed by atoms with Gasteiger partial charge in [-0.1, -0.05) is 12.1 Å². The molecule has 6 heteroatoms. The highest BCUT2D eigenvalue weighted by Gasteiger charge is 2.10. The van der Waals surface area contributed by atoms with Gasteiger partial charge in [0.15, 0.2) is 0 Å². The molecule has 0 saturated heterocycles. The Morgan fingerprint density at radius 1 is 1.19 bits per heavy atom. The molecule has 0 atom stereocenters. The average Bonchev–Trinajstić information content (AvgIpc) is 2.97. The van der Waals surface area contributed by atoms with Crippen LogP contribution in [0.4, 0.5) is 4.39 Å². The van der Waals surface area contributed by atoms with Crippen molar-refractivity contribution >= 4 is 23.2 Å². The van der Waals surface area contributed by atoms with Gasteiger partial charge in [-0.3, -0.25) is 9.59 Å². The van der Waals surface area contributed by atoms with Crippen molar-refractivity contribution in [1.29, 1.82) is 0 Å². The molecule has 1 amide bonds. The van der Waals surface area contributed by atoms with Gasteiger partial charge in [0.25, 0.3) is 5.91 Å². The van der Waals surface area contributed by atoms with Gasteiger partial charge in [-0.2, -0.15) is 0 Å². The van der Waals surface area contributed by atoms with E-state index in [1.807, 2.05) is 6.07 Å². The minimum Gasteiger partial charge on any atom is -0.469 e. The third-order valence-electron chi connectivity index (χ3n) is 2.80. The molecule has 1 N–H and O–H groups in total. The van der Waals surface area contributed by atoms with Crippen molar-refractivity contribution in [3.8, 4) is 10.4 Å². The van der Waals surface area contributed by atoms with Gasteiger partial charge < -0.3 is 10.1 Å². The van der Waals surface area contributed by atoms with Crippen LogP contribution >= 0.6 is 11.3 Å². The highest BCUT2D eigenvalue weighted by molar-refractivity contribution is 7.17. The number of methoxy groups -OCH3 is 1. The van der Waals surface area contributed by atoms with Gasteiger partial charge in [0.05, 0.1) is 18.4 Å². The van der Waals surface area contributed by atoms with Crippen molar-refractivity contribution < 1.29 is 18.7 Å². The van der Waals surface area contributed by atoms with Crippen LogP contribution in [0, 0.1) is 5.82 Å². The molecule has 0 spiro atoms. The monoisotopic (exact) mass is 307 g/mol. The SMILES string of the molecule is COC(=O)CCNC(=O)c1ccc(-c2ccc(F)cc2)s1. The van der Waals surface area contributed by atoms with Crippen LogP contribution in [0.5, 0.6) is 0 Å². The molecule has 2 rings (SSSR count). The van der Waals surface area contributed by atoms with E-state index in [0.29, 0.717) is 4.88 Å². The molecule has 0 aliphatic carbocycles. The predicted molar refractivity (Wildman–Crippen MR) is 78.7 cm³/mol. The molecule has 110 valence electrons. The van der Waals surface area contributed by atoms with Crippen LogP contribution in [0.25, 0.3) is 10.4 Å². The summed E-state index contributed by atoms with van der Waals surface area (Å²) in [6.45, 7) is 0.231. The Morgan fingerprint density at radius 2 is 1.90 bits per heavy atom. The van der Waals surface area contributed by atoms with Crippen LogP contribution in [0.3, 0.4) is 0 Å². The summed E-state index contributed by atoms with van der Waals surface area (Å²) >= 11 is 1.31. The van der Waals surface area contributed by atoms with Crippen LogP contribution in [0.1, 0.15) is 16.1 Å². The van der Waals surface area contributed by atoms with Crippen molar-refractivity contribution in [2.24, 2.45) is 0 Å². The van der Waals surface area contributed by atoms with Gasteiger partial charge in [-0.25, -0.2) is 4.39 Å². The summed E-state index contributed by atoms with van der Waals surface area (Å²) in [7, 11) is 1.30. The van der Waals surface area contributed by atoms with Gasteiger partial charge in [-0.15, -0.1) is 11.3 Å². The summed E-state index contributed by atoms with van der Waals surface area (Å²) in [5, 5.41) is 2.65. The predicted octanol–water partition coefficient (Wildman–Crippen LogP) is 2.85. The molecule has 0 unspecified atom stereocenters. The number of carbonyl (C=O) groups is 2. The second-order valence-corrected chi connectivity index (χ2v) is 5.34. The molecule has 1 heterocycles. The molecule has 0 saturated carbocycles. The normalized spacial score (nSPS) is 10.2. The average molecular weight is 307 g/mol. The number of thiophene rings is 1. The van der Waals surface area contributed by atoms with E-state index in [-0.39, 0.29) is 30.7 Å². The van der Waals surface area contributed by atoms with Gasteiger partial charge in [-0.05, 0) is 29.8 Å². The number of amides is 1. The molecule has 0 aliphatic heterocycles. The fraction of sp³-hybridized carbons (Fsp3) is 0.200. The zero-order valence-corrected chi connectivity index (χ0v) is 12.2. The lowest BCUT2D eigenvalue weighted by molar-refractivity contribution is -0.140. The summed E-state index contributed by atoms with van der Waals surface area (Å²) in [6, 6.07) is 9.61. The second-order valence-electron chi connectivity index (χ2n) is 4.25.